The summed E-state index contributed by atoms with van der Waals surface area (Å²) in [7, 11) is 0. The minimum Gasteiger partial charge on any atom is -0.508 e. The molecule has 1 aliphatic carbocycles. The normalized spacial score (nSPS) is 23.2. The van der Waals surface area contributed by atoms with Crippen molar-refractivity contribution in [2.75, 3.05) is 0 Å². The molecule has 0 saturated heterocycles. The van der Waals surface area contributed by atoms with E-state index in [1.165, 1.54) is 12.1 Å². The Bertz CT molecular complexity index is 399. The van der Waals surface area contributed by atoms with E-state index in [1.54, 1.807) is 18.2 Å². The second-order valence-electron chi connectivity index (χ2n) is 3.48. The molecule has 0 radical (unpaired) electrons. The van der Waals surface area contributed by atoms with Crippen LogP contribution in [-0.2, 0) is 5.66 Å². The van der Waals surface area contributed by atoms with E-state index in [2.05, 4.69) is 0 Å². The zero-order valence-corrected chi connectivity index (χ0v) is 7.51. The van der Waals surface area contributed by atoms with Gasteiger partial charge in [-0.2, -0.15) is 0 Å². The zero-order chi connectivity index (χ0) is 10.3. The van der Waals surface area contributed by atoms with Gasteiger partial charge in [0.2, 0.25) is 0 Å². The summed E-state index contributed by atoms with van der Waals surface area (Å²) in [6.07, 6.45) is 2.22. The van der Waals surface area contributed by atoms with Gasteiger partial charge in [0, 0.05) is 5.56 Å². The molecular formula is C10H12N2O2. The van der Waals surface area contributed by atoms with Crippen LogP contribution in [-0.4, -0.2) is 16.3 Å². The van der Waals surface area contributed by atoms with Gasteiger partial charge in [-0.25, -0.2) is 0 Å². The molecule has 4 nitrogen and oxygen atoms in total. The van der Waals surface area contributed by atoms with Crippen LogP contribution in [0.4, 0.5) is 0 Å². The third kappa shape index (κ3) is 1.13. The van der Waals surface area contributed by atoms with Gasteiger partial charge in [-0.05, 0) is 11.6 Å². The summed E-state index contributed by atoms with van der Waals surface area (Å²) in [6.45, 7) is 0. The highest BCUT2D eigenvalue weighted by molar-refractivity contribution is 5.63. The van der Waals surface area contributed by atoms with Crippen LogP contribution in [0.25, 0.3) is 6.08 Å². The number of rotatable bonds is 0. The monoisotopic (exact) mass is 192 g/mol. The molecule has 0 aliphatic heterocycles. The van der Waals surface area contributed by atoms with Crippen molar-refractivity contribution < 1.29 is 10.2 Å². The SMILES string of the molecule is NC1(N)c2c(O)cccc2C=CC1O. The van der Waals surface area contributed by atoms with Crippen LogP contribution < -0.4 is 11.5 Å². The lowest BCUT2D eigenvalue weighted by Crippen LogP contribution is -2.56. The van der Waals surface area contributed by atoms with Gasteiger partial charge in [-0.15, -0.1) is 0 Å². The molecule has 74 valence electrons. The first-order valence-corrected chi connectivity index (χ1v) is 4.30. The van der Waals surface area contributed by atoms with E-state index in [-0.39, 0.29) is 5.75 Å². The van der Waals surface area contributed by atoms with Gasteiger partial charge < -0.3 is 21.7 Å². The molecule has 6 N–H and O–H groups in total. The lowest BCUT2D eigenvalue weighted by Gasteiger charge is -2.33. The number of benzene rings is 1. The largest absolute Gasteiger partial charge is 0.508 e. The Morgan fingerprint density at radius 1 is 1.29 bits per heavy atom. The van der Waals surface area contributed by atoms with Gasteiger partial charge in [0.25, 0.3) is 0 Å². The molecule has 1 atom stereocenters. The van der Waals surface area contributed by atoms with Crippen LogP contribution in [0, 0.1) is 0 Å². The van der Waals surface area contributed by atoms with E-state index in [1.807, 2.05) is 0 Å². The molecule has 0 aromatic heterocycles. The maximum Gasteiger partial charge on any atom is 0.124 e. The summed E-state index contributed by atoms with van der Waals surface area (Å²) < 4.78 is 0. The zero-order valence-electron chi connectivity index (χ0n) is 7.51. The first-order chi connectivity index (χ1) is 6.53. The maximum absolute atomic E-state index is 9.60. The van der Waals surface area contributed by atoms with Gasteiger partial charge in [-0.1, -0.05) is 24.3 Å². The summed E-state index contributed by atoms with van der Waals surface area (Å²) in [5, 5.41) is 19.2. The number of nitrogens with two attached hydrogens (primary N) is 2. The summed E-state index contributed by atoms with van der Waals surface area (Å²) in [6, 6.07) is 4.98. The highest BCUT2D eigenvalue weighted by Gasteiger charge is 2.36. The second kappa shape index (κ2) is 2.81. The predicted octanol–water partition coefficient (Wildman–Crippen LogP) is -0.150. The molecule has 1 aliphatic rings. The molecule has 0 amide bonds. The highest BCUT2D eigenvalue weighted by Crippen LogP contribution is 2.34. The Morgan fingerprint density at radius 2 is 2.00 bits per heavy atom. The molecule has 0 saturated carbocycles. The molecule has 0 fully saturated rings. The summed E-state index contributed by atoms with van der Waals surface area (Å²) in [4.78, 5) is 0. The molecule has 0 bridgehead atoms. The average Bonchev–Trinajstić information content (AvgIpc) is 2.11. The van der Waals surface area contributed by atoms with E-state index in [0.29, 0.717) is 5.56 Å². The predicted molar refractivity (Wildman–Crippen MR) is 53.2 cm³/mol. The third-order valence-corrected chi connectivity index (χ3v) is 2.46. The van der Waals surface area contributed by atoms with Gasteiger partial charge in [-0.3, -0.25) is 0 Å². The molecule has 0 spiro atoms. The number of aromatic hydroxyl groups is 1. The Balaban J connectivity index is 2.69. The van der Waals surface area contributed by atoms with E-state index in [9.17, 15) is 10.2 Å². The first-order valence-electron chi connectivity index (χ1n) is 4.30. The molecule has 4 heteroatoms. The van der Waals surface area contributed by atoms with Crippen molar-refractivity contribution in [1.29, 1.82) is 0 Å². The lowest BCUT2D eigenvalue weighted by atomic mass is 9.85. The summed E-state index contributed by atoms with van der Waals surface area (Å²) in [5.74, 6) is 0.0101. The number of fused-ring (bicyclic) bond motifs is 1. The Labute approximate surface area is 81.5 Å². The molecular weight excluding hydrogens is 180 g/mol. The van der Waals surface area contributed by atoms with Crippen LogP contribution in [0.1, 0.15) is 11.1 Å². The van der Waals surface area contributed by atoms with Gasteiger partial charge >= 0.3 is 0 Å². The highest BCUT2D eigenvalue weighted by atomic mass is 16.3. The molecule has 0 heterocycles. The standard InChI is InChI=1S/C10H12N2O2/c11-10(12)8(14)5-4-6-2-1-3-7(13)9(6)10/h1-5,8,13-14H,11-12H2. The number of phenols is 1. The molecule has 1 unspecified atom stereocenters. The molecule has 2 rings (SSSR count). The van der Waals surface area contributed by atoms with Crippen molar-refractivity contribution >= 4 is 6.08 Å². The number of hydrogen-bond acceptors (Lipinski definition) is 4. The maximum atomic E-state index is 9.60. The number of phenolic OH excluding ortho intramolecular Hbond substituents is 1. The van der Waals surface area contributed by atoms with Crippen molar-refractivity contribution in [2.24, 2.45) is 11.5 Å². The lowest BCUT2D eigenvalue weighted by molar-refractivity contribution is 0.125. The fourth-order valence-electron chi connectivity index (χ4n) is 1.67. The fraction of sp³-hybridized carbons (Fsp3) is 0.200. The van der Waals surface area contributed by atoms with Crippen LogP contribution in [0.2, 0.25) is 0 Å². The van der Waals surface area contributed by atoms with Gasteiger partial charge in [0.1, 0.15) is 17.5 Å². The van der Waals surface area contributed by atoms with E-state index in [4.69, 9.17) is 11.5 Å². The smallest absolute Gasteiger partial charge is 0.124 e. The molecule has 1 aromatic rings. The molecule has 14 heavy (non-hydrogen) atoms. The minimum atomic E-state index is -1.42. The van der Waals surface area contributed by atoms with Crippen molar-refractivity contribution in [3.8, 4) is 5.75 Å². The number of hydrogen-bond donors (Lipinski definition) is 4. The Morgan fingerprint density at radius 3 is 2.71 bits per heavy atom. The van der Waals surface area contributed by atoms with Crippen LogP contribution >= 0.6 is 0 Å². The van der Waals surface area contributed by atoms with E-state index >= 15 is 0 Å². The quantitative estimate of drug-likeness (QED) is 0.430. The second-order valence-corrected chi connectivity index (χ2v) is 3.48. The first kappa shape index (κ1) is 9.21. The summed E-state index contributed by atoms with van der Waals surface area (Å²) in [5.41, 5.74) is 11.2. The van der Waals surface area contributed by atoms with Crippen LogP contribution in [0.5, 0.6) is 5.75 Å². The van der Waals surface area contributed by atoms with Crippen molar-refractivity contribution in [3.63, 3.8) is 0 Å². The Hall–Kier alpha value is -1.36. The Kier molecular flexibility index (Phi) is 1.85. The van der Waals surface area contributed by atoms with E-state index < -0.39 is 11.8 Å². The third-order valence-electron chi connectivity index (χ3n) is 2.46. The van der Waals surface area contributed by atoms with Crippen molar-refractivity contribution in [2.45, 2.75) is 11.8 Å². The number of aliphatic hydroxyl groups is 1. The van der Waals surface area contributed by atoms with Crippen molar-refractivity contribution in [3.05, 3.63) is 35.4 Å². The number of aliphatic hydroxyl groups excluding tert-OH is 1. The van der Waals surface area contributed by atoms with E-state index in [0.717, 1.165) is 5.56 Å². The van der Waals surface area contributed by atoms with Gasteiger partial charge in [0.05, 0.1) is 0 Å². The minimum absolute atomic E-state index is 0.0101. The summed E-state index contributed by atoms with van der Waals surface area (Å²) >= 11 is 0. The van der Waals surface area contributed by atoms with Gasteiger partial charge in [0.15, 0.2) is 0 Å². The van der Waals surface area contributed by atoms with Crippen LogP contribution in [0.3, 0.4) is 0 Å². The molecule has 1 aromatic carbocycles. The topological polar surface area (TPSA) is 92.5 Å². The van der Waals surface area contributed by atoms with Crippen LogP contribution in [0.15, 0.2) is 24.3 Å². The van der Waals surface area contributed by atoms with Crippen molar-refractivity contribution in [1.82, 2.24) is 0 Å². The average molecular weight is 192 g/mol. The fourth-order valence-corrected chi connectivity index (χ4v) is 1.67.